The van der Waals surface area contributed by atoms with Gasteiger partial charge in [0.2, 0.25) is 0 Å². The summed E-state index contributed by atoms with van der Waals surface area (Å²) < 4.78 is 0. The highest BCUT2D eigenvalue weighted by molar-refractivity contribution is 5.94. The van der Waals surface area contributed by atoms with E-state index in [1.807, 2.05) is 6.92 Å². The molecule has 1 aromatic carbocycles. The van der Waals surface area contributed by atoms with Crippen molar-refractivity contribution in [3.8, 4) is 5.75 Å². The molecule has 0 aliphatic carbocycles. The summed E-state index contributed by atoms with van der Waals surface area (Å²) in [4.78, 5) is 11.8. The third-order valence-corrected chi connectivity index (χ3v) is 3.14. The summed E-state index contributed by atoms with van der Waals surface area (Å²) in [5, 5.41) is 21.2. The fourth-order valence-corrected chi connectivity index (χ4v) is 1.72. The van der Waals surface area contributed by atoms with Crippen molar-refractivity contribution < 1.29 is 15.0 Å². The molecule has 1 atom stereocenters. The van der Waals surface area contributed by atoms with Crippen LogP contribution in [0, 0.1) is 12.8 Å². The fraction of sp³-hybridized carbons (Fsp3) is 0.500. The summed E-state index contributed by atoms with van der Waals surface area (Å²) >= 11 is 0. The molecule has 18 heavy (non-hydrogen) atoms. The Balaban J connectivity index is 2.57. The van der Waals surface area contributed by atoms with Gasteiger partial charge in [0.25, 0.3) is 5.91 Å². The fourth-order valence-electron chi connectivity index (χ4n) is 1.72. The van der Waals surface area contributed by atoms with Gasteiger partial charge in [-0.05, 0) is 37.0 Å². The average molecular weight is 251 g/mol. The second kappa shape index (κ2) is 7.01. The number of amides is 1. The minimum Gasteiger partial charge on any atom is -0.508 e. The summed E-state index contributed by atoms with van der Waals surface area (Å²) in [6, 6.07) is 4.88. The van der Waals surface area contributed by atoms with Crippen LogP contribution >= 0.6 is 0 Å². The third kappa shape index (κ3) is 4.04. The van der Waals surface area contributed by atoms with E-state index in [0.717, 1.165) is 12.0 Å². The highest BCUT2D eigenvalue weighted by Crippen LogP contribution is 2.17. The maximum absolute atomic E-state index is 11.8. The smallest absolute Gasteiger partial charge is 0.251 e. The van der Waals surface area contributed by atoms with Crippen LogP contribution in [-0.4, -0.2) is 29.3 Å². The summed E-state index contributed by atoms with van der Waals surface area (Å²) in [6.07, 6.45) is 1.61. The molecule has 3 N–H and O–H groups in total. The molecule has 0 heterocycles. The molecular formula is C14H21NO3. The Morgan fingerprint density at radius 1 is 1.44 bits per heavy atom. The molecule has 0 saturated heterocycles. The van der Waals surface area contributed by atoms with Crippen LogP contribution in [0.5, 0.6) is 5.75 Å². The topological polar surface area (TPSA) is 69.6 Å². The lowest BCUT2D eigenvalue weighted by atomic mass is 10.0. The first kappa shape index (κ1) is 14.5. The molecule has 0 spiro atoms. The van der Waals surface area contributed by atoms with Crippen molar-refractivity contribution in [2.24, 2.45) is 5.92 Å². The largest absolute Gasteiger partial charge is 0.508 e. The number of aliphatic hydroxyl groups excluding tert-OH is 1. The molecule has 4 nitrogen and oxygen atoms in total. The lowest BCUT2D eigenvalue weighted by Crippen LogP contribution is -2.29. The number of hydrogen-bond donors (Lipinski definition) is 3. The van der Waals surface area contributed by atoms with Gasteiger partial charge in [-0.15, -0.1) is 0 Å². The van der Waals surface area contributed by atoms with Crippen LogP contribution in [0.1, 0.15) is 35.7 Å². The van der Waals surface area contributed by atoms with E-state index in [1.54, 1.807) is 19.1 Å². The molecule has 0 aliphatic heterocycles. The summed E-state index contributed by atoms with van der Waals surface area (Å²) in [7, 11) is 0. The number of hydrogen-bond acceptors (Lipinski definition) is 3. The predicted octanol–water partition coefficient (Wildman–Crippen LogP) is 1.84. The monoisotopic (exact) mass is 251 g/mol. The normalized spacial score (nSPS) is 12.2. The Morgan fingerprint density at radius 2 is 2.17 bits per heavy atom. The molecule has 0 radical (unpaired) electrons. The number of carbonyl (C=O) groups is 1. The molecule has 0 fully saturated rings. The van der Waals surface area contributed by atoms with Gasteiger partial charge in [-0.3, -0.25) is 4.79 Å². The van der Waals surface area contributed by atoms with E-state index >= 15 is 0 Å². The highest BCUT2D eigenvalue weighted by Gasteiger charge is 2.10. The standard InChI is InChI=1S/C14H21NO3/c1-3-11(6-7-16)9-15-14(18)12-5-4-10(2)13(17)8-12/h4-5,8,11,16-17H,3,6-7,9H2,1-2H3,(H,15,18). The summed E-state index contributed by atoms with van der Waals surface area (Å²) in [5.41, 5.74) is 1.20. The number of benzene rings is 1. The average Bonchev–Trinajstić information content (AvgIpc) is 2.37. The molecular weight excluding hydrogens is 230 g/mol. The van der Waals surface area contributed by atoms with Crippen molar-refractivity contribution in [2.75, 3.05) is 13.2 Å². The zero-order valence-corrected chi connectivity index (χ0v) is 10.9. The van der Waals surface area contributed by atoms with Crippen LogP contribution in [0.2, 0.25) is 0 Å². The molecule has 1 aromatic rings. The van der Waals surface area contributed by atoms with Gasteiger partial charge in [0.15, 0.2) is 0 Å². The molecule has 1 amide bonds. The molecule has 0 bridgehead atoms. The second-order valence-corrected chi connectivity index (χ2v) is 4.50. The van der Waals surface area contributed by atoms with Crippen molar-refractivity contribution in [1.29, 1.82) is 0 Å². The quantitative estimate of drug-likeness (QED) is 0.722. The minimum absolute atomic E-state index is 0.130. The number of aryl methyl sites for hydroxylation is 1. The van der Waals surface area contributed by atoms with Gasteiger partial charge >= 0.3 is 0 Å². The van der Waals surface area contributed by atoms with Crippen LogP contribution in [0.25, 0.3) is 0 Å². The van der Waals surface area contributed by atoms with Crippen molar-refractivity contribution in [3.05, 3.63) is 29.3 Å². The molecule has 1 unspecified atom stereocenters. The van der Waals surface area contributed by atoms with Crippen LogP contribution < -0.4 is 5.32 Å². The molecule has 0 saturated carbocycles. The number of aromatic hydroxyl groups is 1. The number of phenols is 1. The lowest BCUT2D eigenvalue weighted by Gasteiger charge is -2.14. The highest BCUT2D eigenvalue weighted by atomic mass is 16.3. The van der Waals surface area contributed by atoms with Crippen molar-refractivity contribution in [1.82, 2.24) is 5.32 Å². The zero-order chi connectivity index (χ0) is 13.5. The van der Waals surface area contributed by atoms with Crippen molar-refractivity contribution in [2.45, 2.75) is 26.7 Å². The van der Waals surface area contributed by atoms with E-state index in [9.17, 15) is 9.90 Å². The number of phenolic OH excluding ortho intramolecular Hbond substituents is 1. The lowest BCUT2D eigenvalue weighted by molar-refractivity contribution is 0.0943. The number of carbonyl (C=O) groups excluding carboxylic acids is 1. The van der Waals surface area contributed by atoms with Gasteiger partial charge < -0.3 is 15.5 Å². The first-order chi connectivity index (χ1) is 8.58. The maximum Gasteiger partial charge on any atom is 0.251 e. The van der Waals surface area contributed by atoms with Crippen molar-refractivity contribution >= 4 is 5.91 Å². The minimum atomic E-state index is -0.193. The SMILES string of the molecule is CCC(CCO)CNC(=O)c1ccc(C)c(O)c1. The molecule has 100 valence electrons. The Hall–Kier alpha value is -1.55. The van der Waals surface area contributed by atoms with Gasteiger partial charge in [0.1, 0.15) is 5.75 Å². The van der Waals surface area contributed by atoms with Crippen LogP contribution in [-0.2, 0) is 0 Å². The molecule has 0 aromatic heterocycles. The van der Waals surface area contributed by atoms with Gasteiger partial charge in [0, 0.05) is 18.7 Å². The number of nitrogens with one attached hydrogen (secondary N) is 1. The van der Waals surface area contributed by atoms with E-state index in [4.69, 9.17) is 5.11 Å². The first-order valence-corrected chi connectivity index (χ1v) is 6.27. The zero-order valence-electron chi connectivity index (χ0n) is 10.9. The Morgan fingerprint density at radius 3 is 2.72 bits per heavy atom. The summed E-state index contributed by atoms with van der Waals surface area (Å²) in [5.74, 6) is 0.227. The van der Waals surface area contributed by atoms with Crippen LogP contribution in [0.4, 0.5) is 0 Å². The van der Waals surface area contributed by atoms with E-state index < -0.39 is 0 Å². The van der Waals surface area contributed by atoms with E-state index in [-0.39, 0.29) is 24.2 Å². The number of aliphatic hydroxyl groups is 1. The Bertz CT molecular complexity index is 404. The van der Waals surface area contributed by atoms with Gasteiger partial charge in [-0.1, -0.05) is 19.4 Å². The van der Waals surface area contributed by atoms with Gasteiger partial charge in [-0.25, -0.2) is 0 Å². The van der Waals surface area contributed by atoms with Gasteiger partial charge in [0.05, 0.1) is 0 Å². The first-order valence-electron chi connectivity index (χ1n) is 6.27. The molecule has 4 heteroatoms. The van der Waals surface area contributed by atoms with E-state index in [2.05, 4.69) is 5.32 Å². The number of rotatable bonds is 6. The molecule has 1 rings (SSSR count). The van der Waals surface area contributed by atoms with Crippen LogP contribution in [0.3, 0.4) is 0 Å². The molecule has 0 aliphatic rings. The summed E-state index contributed by atoms with van der Waals surface area (Å²) in [6.45, 7) is 4.50. The van der Waals surface area contributed by atoms with E-state index in [1.165, 1.54) is 6.07 Å². The Labute approximate surface area is 108 Å². The second-order valence-electron chi connectivity index (χ2n) is 4.50. The third-order valence-electron chi connectivity index (χ3n) is 3.14. The predicted molar refractivity (Wildman–Crippen MR) is 70.7 cm³/mol. The van der Waals surface area contributed by atoms with Crippen molar-refractivity contribution in [3.63, 3.8) is 0 Å². The van der Waals surface area contributed by atoms with Crippen LogP contribution in [0.15, 0.2) is 18.2 Å². The van der Waals surface area contributed by atoms with Gasteiger partial charge in [-0.2, -0.15) is 0 Å². The maximum atomic E-state index is 11.8. The van der Waals surface area contributed by atoms with E-state index in [0.29, 0.717) is 18.5 Å². The Kier molecular flexibility index (Phi) is 5.65.